The molecule has 0 radical (unpaired) electrons. The molecule has 0 atom stereocenters. The molecule has 0 spiro atoms. The molecule has 1 aromatic carbocycles. The molecule has 2 aromatic rings. The van der Waals surface area contributed by atoms with Gasteiger partial charge in [0.15, 0.2) is 12.4 Å². The van der Waals surface area contributed by atoms with Crippen LogP contribution >= 0.6 is 11.6 Å². The molecule has 3 fully saturated rings. The molecule has 0 unspecified atom stereocenters. The molecule has 1 N–H and O–H groups in total. The number of carbonyl (C=O) groups excluding carboxylic acids is 2. The summed E-state index contributed by atoms with van der Waals surface area (Å²) in [6.45, 7) is 3.64. The number of amides is 1. The van der Waals surface area contributed by atoms with E-state index < -0.39 is 5.82 Å². The van der Waals surface area contributed by atoms with E-state index in [1.165, 1.54) is 12.1 Å². The van der Waals surface area contributed by atoms with Crippen LogP contribution in [0.25, 0.3) is 0 Å². The number of Topliss-reactive ketones (excluding diaryl/α,β-unsaturated/α-hetero) is 1. The number of nitrogens with one attached hydrogen (secondary N) is 1. The maximum Gasteiger partial charge on any atom is 0.258 e. The molecular formula is C22H22ClFN2O3. The van der Waals surface area contributed by atoms with Gasteiger partial charge in [0.25, 0.3) is 5.91 Å². The number of aryl methyl sites for hydroxylation is 2. The quantitative estimate of drug-likeness (QED) is 0.687. The van der Waals surface area contributed by atoms with Gasteiger partial charge in [-0.05, 0) is 62.3 Å². The Bertz CT molecular complexity index is 988. The first kappa shape index (κ1) is 19.8. The average Bonchev–Trinajstić information content (AvgIpc) is 2.59. The molecule has 5 rings (SSSR count). The number of hydrogen-bond acceptors (Lipinski definition) is 4. The Morgan fingerprint density at radius 3 is 2.62 bits per heavy atom. The first-order valence-electron chi connectivity index (χ1n) is 9.55. The largest absolute Gasteiger partial charge is 0.484 e. The number of ether oxygens (including phenoxy) is 1. The highest BCUT2D eigenvalue weighted by atomic mass is 35.5. The lowest BCUT2D eigenvalue weighted by Gasteiger charge is -2.70. The van der Waals surface area contributed by atoms with E-state index in [1.807, 2.05) is 19.9 Å². The summed E-state index contributed by atoms with van der Waals surface area (Å²) in [7, 11) is 0. The van der Waals surface area contributed by atoms with Crippen molar-refractivity contribution in [3.63, 3.8) is 0 Å². The highest BCUT2D eigenvalue weighted by molar-refractivity contribution is 6.30. The van der Waals surface area contributed by atoms with Crippen molar-refractivity contribution in [2.75, 3.05) is 6.61 Å². The van der Waals surface area contributed by atoms with Gasteiger partial charge < -0.3 is 10.1 Å². The summed E-state index contributed by atoms with van der Waals surface area (Å²) in [5.74, 6) is -0.473. The molecular weight excluding hydrogens is 395 g/mol. The van der Waals surface area contributed by atoms with Crippen LogP contribution in [0, 0.1) is 25.1 Å². The third-order valence-electron chi connectivity index (χ3n) is 5.89. The minimum atomic E-state index is -0.588. The fourth-order valence-corrected chi connectivity index (χ4v) is 4.91. The molecule has 3 aliphatic rings. The van der Waals surface area contributed by atoms with E-state index >= 15 is 0 Å². The fourth-order valence-electron chi connectivity index (χ4n) is 4.79. The molecule has 0 saturated heterocycles. The molecule has 1 aromatic heterocycles. The SMILES string of the molecule is Cc1cc(C)c(C(=O)CC23CC(NC(=O)COc4ccc(Cl)c(F)c4)(C2)C3)cn1. The smallest absolute Gasteiger partial charge is 0.258 e. The number of rotatable bonds is 7. The van der Waals surface area contributed by atoms with Crippen molar-refractivity contribution in [1.82, 2.24) is 10.3 Å². The van der Waals surface area contributed by atoms with Crippen molar-refractivity contribution in [2.24, 2.45) is 5.41 Å². The van der Waals surface area contributed by atoms with Crippen LogP contribution in [-0.2, 0) is 4.79 Å². The zero-order valence-corrected chi connectivity index (χ0v) is 17.1. The van der Waals surface area contributed by atoms with Crippen molar-refractivity contribution in [3.05, 3.63) is 58.1 Å². The second-order valence-corrected chi connectivity index (χ2v) is 8.87. The Hall–Kier alpha value is -2.47. The topological polar surface area (TPSA) is 68.3 Å². The molecule has 5 nitrogen and oxygen atoms in total. The third-order valence-corrected chi connectivity index (χ3v) is 6.20. The molecule has 1 heterocycles. The number of aromatic nitrogens is 1. The first-order chi connectivity index (χ1) is 13.7. The van der Waals surface area contributed by atoms with Crippen molar-refractivity contribution in [2.45, 2.75) is 45.1 Å². The summed E-state index contributed by atoms with van der Waals surface area (Å²) in [6.07, 6.45) is 4.53. The summed E-state index contributed by atoms with van der Waals surface area (Å²) in [5, 5.41) is 3.01. The predicted molar refractivity (Wildman–Crippen MR) is 107 cm³/mol. The number of halogens is 2. The molecule has 2 bridgehead atoms. The van der Waals surface area contributed by atoms with E-state index in [0.29, 0.717) is 12.0 Å². The van der Waals surface area contributed by atoms with Gasteiger partial charge >= 0.3 is 0 Å². The molecule has 7 heteroatoms. The number of benzene rings is 1. The Balaban J connectivity index is 1.26. The summed E-state index contributed by atoms with van der Waals surface area (Å²) < 4.78 is 18.7. The maximum absolute atomic E-state index is 13.4. The van der Waals surface area contributed by atoms with Gasteiger partial charge in [-0.3, -0.25) is 14.6 Å². The van der Waals surface area contributed by atoms with E-state index in [2.05, 4.69) is 10.3 Å². The Labute approximate surface area is 173 Å². The minimum Gasteiger partial charge on any atom is -0.484 e. The molecule has 29 heavy (non-hydrogen) atoms. The number of ketones is 1. The lowest BCUT2D eigenvalue weighted by Crippen LogP contribution is -2.75. The maximum atomic E-state index is 13.4. The normalized spacial score (nSPS) is 24.3. The van der Waals surface area contributed by atoms with Gasteiger partial charge in [-0.15, -0.1) is 0 Å². The van der Waals surface area contributed by atoms with Crippen LogP contribution in [0.1, 0.15) is 47.3 Å². The highest BCUT2D eigenvalue weighted by Gasteiger charge is 2.68. The zero-order chi connectivity index (χ0) is 20.8. The van der Waals surface area contributed by atoms with Crippen molar-refractivity contribution >= 4 is 23.3 Å². The van der Waals surface area contributed by atoms with Crippen molar-refractivity contribution in [1.29, 1.82) is 0 Å². The number of carbonyl (C=O) groups is 2. The fraction of sp³-hybridized carbons (Fsp3) is 0.409. The van der Waals surface area contributed by atoms with Gasteiger partial charge in [-0.1, -0.05) is 11.6 Å². The van der Waals surface area contributed by atoms with Crippen molar-refractivity contribution < 1.29 is 18.7 Å². The van der Waals surface area contributed by atoms with Crippen LogP contribution in [0.2, 0.25) is 5.02 Å². The zero-order valence-electron chi connectivity index (χ0n) is 16.4. The van der Waals surface area contributed by atoms with Gasteiger partial charge in [0.05, 0.1) is 5.02 Å². The van der Waals surface area contributed by atoms with Crippen LogP contribution in [0.4, 0.5) is 4.39 Å². The van der Waals surface area contributed by atoms with Crippen LogP contribution in [0.5, 0.6) is 5.75 Å². The lowest BCUT2D eigenvalue weighted by molar-refractivity contribution is -0.164. The number of nitrogens with zero attached hydrogens (tertiary/aromatic N) is 1. The molecule has 3 saturated carbocycles. The average molecular weight is 417 g/mol. The summed E-state index contributed by atoms with van der Waals surface area (Å²) >= 11 is 5.63. The summed E-state index contributed by atoms with van der Waals surface area (Å²) in [6, 6.07) is 5.97. The molecule has 3 aliphatic carbocycles. The Morgan fingerprint density at radius 2 is 1.97 bits per heavy atom. The predicted octanol–water partition coefficient (Wildman–Crippen LogP) is 4.18. The standard InChI is InChI=1S/C22H22ClFN2O3/c1-13-5-14(2)25-8-16(13)19(27)7-21-10-22(11-21,12-21)26-20(28)9-29-15-3-4-17(23)18(24)6-15/h3-6,8H,7,9-12H2,1-2H3,(H,26,28). The lowest BCUT2D eigenvalue weighted by atomic mass is 9.38. The van der Waals surface area contributed by atoms with Gasteiger partial charge in [0.2, 0.25) is 0 Å². The van der Waals surface area contributed by atoms with E-state index in [9.17, 15) is 14.0 Å². The van der Waals surface area contributed by atoms with E-state index in [1.54, 1.807) is 6.20 Å². The minimum absolute atomic E-state index is 0.00660. The van der Waals surface area contributed by atoms with Crippen LogP contribution in [-0.4, -0.2) is 28.8 Å². The summed E-state index contributed by atoms with van der Waals surface area (Å²) in [4.78, 5) is 29.1. The summed E-state index contributed by atoms with van der Waals surface area (Å²) in [5.41, 5.74) is 2.29. The molecule has 0 aliphatic heterocycles. The monoisotopic (exact) mass is 416 g/mol. The van der Waals surface area contributed by atoms with Crippen LogP contribution in [0.3, 0.4) is 0 Å². The Kier molecular flexibility index (Phi) is 4.85. The van der Waals surface area contributed by atoms with E-state index in [4.69, 9.17) is 16.3 Å². The van der Waals surface area contributed by atoms with Gasteiger partial charge in [-0.2, -0.15) is 0 Å². The van der Waals surface area contributed by atoms with Gasteiger partial charge in [-0.25, -0.2) is 4.39 Å². The molecule has 1 amide bonds. The Morgan fingerprint density at radius 1 is 1.24 bits per heavy atom. The third kappa shape index (κ3) is 3.86. The van der Waals surface area contributed by atoms with E-state index in [-0.39, 0.29) is 40.0 Å². The second-order valence-electron chi connectivity index (χ2n) is 8.46. The highest BCUT2D eigenvalue weighted by Crippen LogP contribution is 2.69. The number of pyridine rings is 1. The van der Waals surface area contributed by atoms with E-state index in [0.717, 1.165) is 36.6 Å². The second kappa shape index (κ2) is 7.10. The van der Waals surface area contributed by atoms with Crippen LogP contribution in [0.15, 0.2) is 30.5 Å². The van der Waals surface area contributed by atoms with Crippen molar-refractivity contribution in [3.8, 4) is 5.75 Å². The molecule has 152 valence electrons. The van der Waals surface area contributed by atoms with Gasteiger partial charge in [0, 0.05) is 35.5 Å². The number of hydrogen-bond donors (Lipinski definition) is 1. The van der Waals surface area contributed by atoms with Crippen LogP contribution < -0.4 is 10.1 Å². The first-order valence-corrected chi connectivity index (χ1v) is 9.92. The van der Waals surface area contributed by atoms with Gasteiger partial charge in [0.1, 0.15) is 11.6 Å².